The number of rotatable bonds is 5. The first kappa shape index (κ1) is 20.4. The molecule has 1 aromatic heterocycles. The number of carbonyl (C=O) groups is 1. The van der Waals surface area contributed by atoms with Crippen LogP contribution in [0.2, 0.25) is 0 Å². The fourth-order valence-electron chi connectivity index (χ4n) is 3.77. The van der Waals surface area contributed by atoms with Crippen LogP contribution in [-0.2, 0) is 10.0 Å². The molecule has 30 heavy (non-hydrogen) atoms. The van der Waals surface area contributed by atoms with Crippen molar-refractivity contribution in [2.45, 2.75) is 18.4 Å². The van der Waals surface area contributed by atoms with Gasteiger partial charge in [-0.2, -0.15) is 4.31 Å². The third-order valence-corrected chi connectivity index (χ3v) is 7.06. The Hall–Kier alpha value is -2.91. The summed E-state index contributed by atoms with van der Waals surface area (Å²) in [5, 5.41) is 1.86. The number of hydrogen-bond donors (Lipinski definition) is 1. The van der Waals surface area contributed by atoms with Crippen LogP contribution in [0.5, 0.6) is 5.75 Å². The van der Waals surface area contributed by atoms with Crippen LogP contribution in [0.25, 0.3) is 10.8 Å². The van der Waals surface area contributed by atoms with Gasteiger partial charge in [-0.15, -0.1) is 0 Å². The molecule has 158 valence electrons. The van der Waals surface area contributed by atoms with Crippen molar-refractivity contribution in [1.29, 1.82) is 0 Å². The van der Waals surface area contributed by atoms with Crippen LogP contribution in [0.4, 0.5) is 0 Å². The number of fused-ring (bicyclic) bond motifs is 1. The van der Waals surface area contributed by atoms with Crippen LogP contribution >= 0.6 is 0 Å². The average Bonchev–Trinajstić information content (AvgIpc) is 3.19. The van der Waals surface area contributed by atoms with E-state index in [-0.39, 0.29) is 17.5 Å². The summed E-state index contributed by atoms with van der Waals surface area (Å²) in [4.78, 5) is 21.7. The van der Waals surface area contributed by atoms with Crippen molar-refractivity contribution >= 4 is 26.7 Å². The van der Waals surface area contributed by atoms with E-state index < -0.39 is 10.0 Å². The lowest BCUT2D eigenvalue weighted by Crippen LogP contribution is -2.37. The standard InChI is InChI=1S/C21H24N4O4S/c1-2-29-18-9-8-16-6-3-4-7-17(16)20(18)21(26)24-10-5-11-25(13-12-24)30(27,28)19-14-22-15-23-19/h3-4,6-9,14-15H,2,5,10-13H2,1H3,(H,22,23). The van der Waals surface area contributed by atoms with E-state index in [9.17, 15) is 13.2 Å². The van der Waals surface area contributed by atoms with Crippen molar-refractivity contribution in [1.82, 2.24) is 19.2 Å². The lowest BCUT2D eigenvalue weighted by Gasteiger charge is -2.23. The minimum absolute atomic E-state index is 0.0648. The van der Waals surface area contributed by atoms with Gasteiger partial charge in [0.05, 0.1) is 24.7 Å². The second kappa shape index (κ2) is 8.45. The van der Waals surface area contributed by atoms with Crippen LogP contribution in [0.15, 0.2) is 53.9 Å². The zero-order valence-corrected chi connectivity index (χ0v) is 17.6. The van der Waals surface area contributed by atoms with Gasteiger partial charge in [0.1, 0.15) is 5.75 Å². The Morgan fingerprint density at radius 1 is 1.13 bits per heavy atom. The van der Waals surface area contributed by atoms with E-state index in [1.54, 1.807) is 4.90 Å². The molecular weight excluding hydrogens is 404 g/mol. The first-order valence-corrected chi connectivity index (χ1v) is 11.4. The van der Waals surface area contributed by atoms with Crippen LogP contribution in [0.1, 0.15) is 23.7 Å². The molecular formula is C21H24N4O4S. The number of hydrogen-bond acceptors (Lipinski definition) is 5. The lowest BCUT2D eigenvalue weighted by atomic mass is 10.0. The van der Waals surface area contributed by atoms with Gasteiger partial charge in [-0.05, 0) is 30.2 Å². The van der Waals surface area contributed by atoms with E-state index in [0.717, 1.165) is 10.8 Å². The quantitative estimate of drug-likeness (QED) is 0.674. The Kier molecular flexibility index (Phi) is 5.74. The van der Waals surface area contributed by atoms with Crippen molar-refractivity contribution in [3.05, 3.63) is 54.5 Å². The highest BCUT2D eigenvalue weighted by Gasteiger charge is 2.30. The maximum Gasteiger partial charge on any atom is 0.260 e. The molecule has 1 aliphatic heterocycles. The first-order chi connectivity index (χ1) is 14.5. The smallest absolute Gasteiger partial charge is 0.260 e. The normalized spacial score (nSPS) is 15.8. The third-order valence-electron chi connectivity index (χ3n) is 5.24. The molecule has 1 N–H and O–H groups in total. The maximum atomic E-state index is 13.5. The SMILES string of the molecule is CCOc1ccc2ccccc2c1C(=O)N1CCCN(S(=O)(=O)c2cnc[nH]2)CC1. The minimum Gasteiger partial charge on any atom is -0.493 e. The topological polar surface area (TPSA) is 95.6 Å². The molecule has 0 spiro atoms. The Balaban J connectivity index is 1.61. The van der Waals surface area contributed by atoms with Crippen LogP contribution < -0.4 is 4.74 Å². The van der Waals surface area contributed by atoms with Gasteiger partial charge in [-0.3, -0.25) is 4.79 Å². The lowest BCUT2D eigenvalue weighted by molar-refractivity contribution is 0.0762. The molecule has 0 bridgehead atoms. The van der Waals surface area contributed by atoms with Crippen molar-refractivity contribution in [2.75, 3.05) is 32.8 Å². The number of aromatic amines is 1. The van der Waals surface area contributed by atoms with E-state index in [2.05, 4.69) is 9.97 Å². The van der Waals surface area contributed by atoms with Gasteiger partial charge in [0, 0.05) is 26.2 Å². The fraction of sp³-hybridized carbons (Fsp3) is 0.333. The van der Waals surface area contributed by atoms with E-state index in [1.807, 2.05) is 43.3 Å². The molecule has 3 aromatic rings. The Bertz CT molecular complexity index is 1150. The van der Waals surface area contributed by atoms with Gasteiger partial charge in [-0.25, -0.2) is 13.4 Å². The first-order valence-electron chi connectivity index (χ1n) is 9.94. The van der Waals surface area contributed by atoms with Crippen molar-refractivity contribution < 1.29 is 17.9 Å². The van der Waals surface area contributed by atoms with Crippen LogP contribution in [0.3, 0.4) is 0 Å². The Labute approximate surface area is 175 Å². The Morgan fingerprint density at radius 3 is 2.73 bits per heavy atom. The molecule has 2 aromatic carbocycles. The molecule has 0 radical (unpaired) electrons. The number of carbonyl (C=O) groups excluding carboxylic acids is 1. The van der Waals surface area contributed by atoms with E-state index >= 15 is 0 Å². The number of amides is 1. The molecule has 1 saturated heterocycles. The predicted molar refractivity (Wildman–Crippen MR) is 113 cm³/mol. The van der Waals surface area contributed by atoms with Gasteiger partial charge < -0.3 is 14.6 Å². The molecule has 0 aliphatic carbocycles. The number of sulfonamides is 1. The number of ether oxygens (including phenoxy) is 1. The summed E-state index contributed by atoms with van der Waals surface area (Å²) < 4.78 is 32.7. The highest BCUT2D eigenvalue weighted by Crippen LogP contribution is 2.30. The molecule has 0 atom stereocenters. The molecule has 8 nitrogen and oxygen atoms in total. The van der Waals surface area contributed by atoms with Gasteiger partial charge in [0.2, 0.25) is 0 Å². The number of nitrogens with zero attached hydrogens (tertiary/aromatic N) is 3. The van der Waals surface area contributed by atoms with Crippen molar-refractivity contribution in [3.63, 3.8) is 0 Å². The number of aromatic nitrogens is 2. The molecule has 9 heteroatoms. The van der Waals surface area contributed by atoms with Crippen LogP contribution in [-0.4, -0.2) is 66.3 Å². The molecule has 2 heterocycles. The zero-order valence-electron chi connectivity index (χ0n) is 16.7. The summed E-state index contributed by atoms with van der Waals surface area (Å²) in [6, 6.07) is 11.5. The minimum atomic E-state index is -3.65. The van der Waals surface area contributed by atoms with E-state index in [1.165, 1.54) is 16.8 Å². The number of H-pyrrole nitrogens is 1. The van der Waals surface area contributed by atoms with Gasteiger partial charge in [0.15, 0.2) is 5.03 Å². The van der Waals surface area contributed by atoms with E-state index in [0.29, 0.717) is 44.0 Å². The van der Waals surface area contributed by atoms with Gasteiger partial charge in [0.25, 0.3) is 15.9 Å². The van der Waals surface area contributed by atoms with Crippen molar-refractivity contribution in [3.8, 4) is 5.75 Å². The summed E-state index contributed by atoms with van der Waals surface area (Å²) in [7, 11) is -3.65. The highest BCUT2D eigenvalue weighted by molar-refractivity contribution is 7.89. The van der Waals surface area contributed by atoms with Crippen molar-refractivity contribution in [2.24, 2.45) is 0 Å². The Morgan fingerprint density at radius 2 is 1.97 bits per heavy atom. The van der Waals surface area contributed by atoms with E-state index in [4.69, 9.17) is 4.74 Å². The molecule has 1 amide bonds. The van der Waals surface area contributed by atoms with Gasteiger partial charge >= 0.3 is 0 Å². The molecule has 1 fully saturated rings. The monoisotopic (exact) mass is 428 g/mol. The van der Waals surface area contributed by atoms with Gasteiger partial charge in [-0.1, -0.05) is 30.3 Å². The second-order valence-corrected chi connectivity index (χ2v) is 8.96. The number of benzene rings is 2. The summed E-state index contributed by atoms with van der Waals surface area (Å²) in [6.45, 7) is 3.69. The second-order valence-electron chi connectivity index (χ2n) is 7.06. The largest absolute Gasteiger partial charge is 0.493 e. The molecule has 0 saturated carbocycles. The number of nitrogens with one attached hydrogen (secondary N) is 1. The third kappa shape index (κ3) is 3.78. The summed E-state index contributed by atoms with van der Waals surface area (Å²) in [6.07, 6.45) is 3.19. The summed E-state index contributed by atoms with van der Waals surface area (Å²) in [5.41, 5.74) is 0.528. The zero-order chi connectivity index (χ0) is 21.1. The number of imidazole rings is 1. The highest BCUT2D eigenvalue weighted by atomic mass is 32.2. The predicted octanol–water partition coefficient (Wildman–Crippen LogP) is 2.50. The average molecular weight is 429 g/mol. The molecule has 0 unspecified atom stereocenters. The molecule has 4 rings (SSSR count). The molecule has 1 aliphatic rings. The summed E-state index contributed by atoms with van der Waals surface area (Å²) >= 11 is 0. The fourth-order valence-corrected chi connectivity index (χ4v) is 5.13. The van der Waals surface area contributed by atoms with Crippen LogP contribution in [0, 0.1) is 0 Å². The summed E-state index contributed by atoms with van der Waals surface area (Å²) in [5.74, 6) is 0.406. The maximum absolute atomic E-state index is 13.5.